The summed E-state index contributed by atoms with van der Waals surface area (Å²) in [5, 5.41) is 7.69. The molecule has 2 aromatic heterocycles. The van der Waals surface area contributed by atoms with Crippen LogP contribution in [0, 0.1) is 0 Å². The Balaban J connectivity index is 1.70. The number of rotatable bonds is 5. The molecule has 0 saturated heterocycles. The fourth-order valence-electron chi connectivity index (χ4n) is 2.88. The molecule has 4 rings (SSSR count). The Morgan fingerprint density at radius 2 is 1.56 bits per heavy atom. The lowest BCUT2D eigenvalue weighted by molar-refractivity contribution is 0.102. The Hall–Kier alpha value is -3.32. The van der Waals surface area contributed by atoms with E-state index in [9.17, 15) is 21.6 Å². The first-order valence-corrected chi connectivity index (χ1v) is 12.2. The van der Waals surface area contributed by atoms with Crippen molar-refractivity contribution in [2.24, 2.45) is 5.14 Å². The number of benzene rings is 2. The number of primary sulfonamides is 1. The van der Waals surface area contributed by atoms with Crippen LogP contribution in [0.25, 0.3) is 11.0 Å². The van der Waals surface area contributed by atoms with Gasteiger partial charge in [-0.05, 0) is 42.5 Å². The third kappa shape index (κ3) is 4.08. The van der Waals surface area contributed by atoms with Crippen LogP contribution in [-0.2, 0) is 20.0 Å². The summed E-state index contributed by atoms with van der Waals surface area (Å²) in [6, 6.07) is 14.1. The molecule has 0 aliphatic rings. The van der Waals surface area contributed by atoms with Crippen LogP contribution in [0.15, 0.2) is 76.7 Å². The van der Waals surface area contributed by atoms with E-state index in [1.807, 2.05) is 0 Å². The van der Waals surface area contributed by atoms with Crippen molar-refractivity contribution in [2.75, 3.05) is 5.32 Å². The number of amides is 1. The van der Waals surface area contributed by atoms with E-state index in [0.29, 0.717) is 0 Å². The van der Waals surface area contributed by atoms with Gasteiger partial charge in [-0.1, -0.05) is 29.8 Å². The molecule has 0 atom stereocenters. The number of carbonyl (C=O) groups excluding carboxylic acids is 1. The molecular formula is C19H14ClN5O5S2. The number of halogens is 1. The van der Waals surface area contributed by atoms with Gasteiger partial charge in [0, 0.05) is 11.8 Å². The molecule has 0 saturated carbocycles. The average molecular weight is 492 g/mol. The molecule has 0 spiro atoms. The third-order valence-electron chi connectivity index (χ3n) is 4.43. The molecule has 2 aromatic carbocycles. The van der Waals surface area contributed by atoms with Crippen LogP contribution >= 0.6 is 11.6 Å². The first kappa shape index (κ1) is 21.9. The molecule has 1 amide bonds. The maximum Gasteiger partial charge on any atom is 0.269 e. The minimum atomic E-state index is -3.97. The molecule has 164 valence electrons. The van der Waals surface area contributed by atoms with Crippen LogP contribution in [-0.4, -0.2) is 36.7 Å². The second-order valence-corrected chi connectivity index (χ2v) is 10.3. The SMILES string of the molecule is NS(=O)(=O)c1ccc(C(=O)Nc2nc(Cl)c3ccn(S(=O)(=O)c4ccccc4)c3n2)cc1. The highest BCUT2D eigenvalue weighted by Gasteiger charge is 2.22. The van der Waals surface area contributed by atoms with E-state index in [-0.39, 0.29) is 37.5 Å². The van der Waals surface area contributed by atoms with Crippen molar-refractivity contribution in [1.29, 1.82) is 0 Å². The number of nitrogens with one attached hydrogen (secondary N) is 1. The van der Waals surface area contributed by atoms with E-state index < -0.39 is 26.0 Å². The maximum atomic E-state index is 13.0. The van der Waals surface area contributed by atoms with Crippen molar-refractivity contribution in [3.63, 3.8) is 0 Å². The van der Waals surface area contributed by atoms with Crippen molar-refractivity contribution >= 4 is 54.5 Å². The van der Waals surface area contributed by atoms with Gasteiger partial charge in [0.1, 0.15) is 5.15 Å². The van der Waals surface area contributed by atoms with Crippen LogP contribution in [0.5, 0.6) is 0 Å². The molecule has 10 nitrogen and oxygen atoms in total. The lowest BCUT2D eigenvalue weighted by Crippen LogP contribution is -2.17. The van der Waals surface area contributed by atoms with Crippen LogP contribution in [0.4, 0.5) is 5.95 Å². The van der Waals surface area contributed by atoms with Gasteiger partial charge >= 0.3 is 0 Å². The second kappa shape index (κ2) is 7.98. The average Bonchev–Trinajstić information content (AvgIpc) is 3.19. The van der Waals surface area contributed by atoms with Gasteiger partial charge in [-0.3, -0.25) is 10.1 Å². The highest BCUT2D eigenvalue weighted by atomic mass is 35.5. The van der Waals surface area contributed by atoms with E-state index in [1.165, 1.54) is 48.7 Å². The normalized spacial score (nSPS) is 12.1. The molecule has 0 aliphatic carbocycles. The number of nitrogens with zero attached hydrogens (tertiary/aromatic N) is 3. The number of sulfonamides is 1. The number of fused-ring (bicyclic) bond motifs is 1. The van der Waals surface area contributed by atoms with Gasteiger partial charge < -0.3 is 0 Å². The van der Waals surface area contributed by atoms with E-state index in [1.54, 1.807) is 18.2 Å². The fourth-order valence-corrected chi connectivity index (χ4v) is 4.94. The highest BCUT2D eigenvalue weighted by Crippen LogP contribution is 2.26. The predicted molar refractivity (Wildman–Crippen MR) is 117 cm³/mol. The second-order valence-electron chi connectivity index (χ2n) is 6.53. The molecule has 32 heavy (non-hydrogen) atoms. The van der Waals surface area contributed by atoms with Gasteiger partial charge in [0.2, 0.25) is 16.0 Å². The maximum absolute atomic E-state index is 13.0. The molecule has 0 bridgehead atoms. The van der Waals surface area contributed by atoms with Crippen molar-refractivity contribution in [3.05, 3.63) is 77.6 Å². The summed E-state index contributed by atoms with van der Waals surface area (Å²) in [6.07, 6.45) is 1.30. The van der Waals surface area contributed by atoms with Gasteiger partial charge in [0.15, 0.2) is 5.65 Å². The van der Waals surface area contributed by atoms with E-state index in [0.717, 1.165) is 3.97 Å². The number of carbonyl (C=O) groups is 1. The summed E-state index contributed by atoms with van der Waals surface area (Å²) >= 11 is 6.18. The summed E-state index contributed by atoms with van der Waals surface area (Å²) < 4.78 is 49.6. The van der Waals surface area contributed by atoms with Crippen molar-refractivity contribution in [2.45, 2.75) is 9.79 Å². The van der Waals surface area contributed by atoms with Crippen LogP contribution in [0.2, 0.25) is 5.15 Å². The Labute approximate surface area is 187 Å². The molecule has 0 aliphatic heterocycles. The standard InChI is InChI=1S/C19H14ClN5O5S2/c20-16-15-10-11-25(32(29,30)14-4-2-1-3-5-14)17(15)23-19(22-16)24-18(26)12-6-8-13(9-7-12)31(21,27)28/h1-11H,(H2,21,27,28)(H,22,23,24,26). The zero-order chi connectivity index (χ0) is 23.1. The number of aromatic nitrogens is 3. The Morgan fingerprint density at radius 3 is 2.19 bits per heavy atom. The summed E-state index contributed by atoms with van der Waals surface area (Å²) in [4.78, 5) is 20.6. The van der Waals surface area contributed by atoms with Crippen LogP contribution < -0.4 is 10.5 Å². The minimum absolute atomic E-state index is 0.0197. The third-order valence-corrected chi connectivity index (χ3v) is 7.33. The molecule has 13 heteroatoms. The zero-order valence-electron chi connectivity index (χ0n) is 16.0. The zero-order valence-corrected chi connectivity index (χ0v) is 18.4. The molecule has 0 fully saturated rings. The van der Waals surface area contributed by atoms with Gasteiger partial charge in [-0.15, -0.1) is 0 Å². The number of hydrogen-bond donors (Lipinski definition) is 2. The molecule has 0 radical (unpaired) electrons. The molecule has 2 heterocycles. The summed E-state index contributed by atoms with van der Waals surface area (Å²) in [5.74, 6) is -0.892. The highest BCUT2D eigenvalue weighted by molar-refractivity contribution is 7.90. The number of anilines is 1. The number of nitrogens with two attached hydrogens (primary N) is 1. The van der Waals surface area contributed by atoms with Crippen LogP contribution in [0.3, 0.4) is 0 Å². The van der Waals surface area contributed by atoms with E-state index in [4.69, 9.17) is 16.7 Å². The van der Waals surface area contributed by atoms with Crippen molar-refractivity contribution < 1.29 is 21.6 Å². The van der Waals surface area contributed by atoms with Crippen molar-refractivity contribution in [1.82, 2.24) is 13.9 Å². The lowest BCUT2D eigenvalue weighted by Gasteiger charge is -2.09. The quantitative estimate of drug-likeness (QED) is 0.405. The van der Waals surface area contributed by atoms with E-state index >= 15 is 0 Å². The van der Waals surface area contributed by atoms with Gasteiger partial charge in [-0.25, -0.2) is 25.9 Å². The first-order chi connectivity index (χ1) is 15.1. The summed E-state index contributed by atoms with van der Waals surface area (Å²) in [5.41, 5.74) is 0.0817. The Bertz CT molecular complexity index is 1550. The molecule has 0 unspecified atom stereocenters. The monoisotopic (exact) mass is 491 g/mol. The fraction of sp³-hybridized carbons (Fsp3) is 0. The van der Waals surface area contributed by atoms with Crippen molar-refractivity contribution in [3.8, 4) is 0 Å². The largest absolute Gasteiger partial charge is 0.290 e. The molecule has 4 aromatic rings. The predicted octanol–water partition coefficient (Wildman–Crippen LogP) is 2.22. The Morgan fingerprint density at radius 1 is 0.906 bits per heavy atom. The van der Waals surface area contributed by atoms with Gasteiger partial charge in [-0.2, -0.15) is 9.97 Å². The van der Waals surface area contributed by atoms with Gasteiger partial charge in [0.05, 0.1) is 15.2 Å². The number of hydrogen-bond acceptors (Lipinski definition) is 7. The van der Waals surface area contributed by atoms with Crippen LogP contribution in [0.1, 0.15) is 10.4 Å². The summed E-state index contributed by atoms with van der Waals surface area (Å²) in [7, 11) is -7.87. The minimum Gasteiger partial charge on any atom is -0.290 e. The molecule has 3 N–H and O–H groups in total. The van der Waals surface area contributed by atoms with E-state index in [2.05, 4.69) is 15.3 Å². The Kier molecular flexibility index (Phi) is 5.46. The first-order valence-electron chi connectivity index (χ1n) is 8.87. The molecular weight excluding hydrogens is 478 g/mol. The lowest BCUT2D eigenvalue weighted by atomic mass is 10.2. The topological polar surface area (TPSA) is 154 Å². The smallest absolute Gasteiger partial charge is 0.269 e. The summed E-state index contributed by atoms with van der Waals surface area (Å²) in [6.45, 7) is 0. The van der Waals surface area contributed by atoms with Gasteiger partial charge in [0.25, 0.3) is 15.9 Å².